The van der Waals surface area contributed by atoms with Crippen molar-refractivity contribution in [3.8, 4) is 0 Å². The van der Waals surface area contributed by atoms with Crippen LogP contribution in [0.3, 0.4) is 0 Å². The van der Waals surface area contributed by atoms with Crippen LogP contribution in [0, 0.1) is 12.7 Å². The molecule has 0 bridgehead atoms. The Hall–Kier alpha value is -0.540. The largest absolute Gasteiger partial charge is 0.320 e. The lowest BCUT2D eigenvalue weighted by molar-refractivity contribution is 0.617. The molecule has 0 atom stereocenters. The van der Waals surface area contributed by atoms with Gasteiger partial charge in [0.25, 0.3) is 0 Å². The summed E-state index contributed by atoms with van der Waals surface area (Å²) in [5, 5.41) is 3.10. The Morgan fingerprint density at radius 2 is 2.21 bits per heavy atom. The topological polar surface area (TPSA) is 12.0 Å². The zero-order valence-corrected chi connectivity index (χ0v) is 9.46. The van der Waals surface area contributed by atoms with Gasteiger partial charge in [0.05, 0.1) is 0 Å². The fraction of sp³-hybridized carbons (Fsp3) is 0.455. The van der Waals surface area contributed by atoms with Crippen LogP contribution in [0.1, 0.15) is 12.0 Å². The third-order valence-corrected chi connectivity index (χ3v) is 3.05. The van der Waals surface area contributed by atoms with Gasteiger partial charge in [-0.25, -0.2) is 4.39 Å². The number of halogens is 1. The number of benzene rings is 1. The molecule has 0 aromatic heterocycles. The molecule has 0 saturated carbocycles. The number of nitrogens with one attached hydrogen (secondary N) is 1. The second-order valence-electron chi connectivity index (χ2n) is 3.22. The van der Waals surface area contributed by atoms with Crippen LogP contribution >= 0.6 is 11.8 Å². The molecule has 1 nitrogen and oxygen atoms in total. The maximum absolute atomic E-state index is 12.9. The second kappa shape index (κ2) is 6.04. The van der Waals surface area contributed by atoms with E-state index >= 15 is 0 Å². The average Bonchev–Trinajstić information content (AvgIpc) is 2.18. The fourth-order valence-electron chi connectivity index (χ4n) is 1.15. The van der Waals surface area contributed by atoms with E-state index in [1.54, 1.807) is 18.7 Å². The van der Waals surface area contributed by atoms with Gasteiger partial charge in [-0.3, -0.25) is 0 Å². The van der Waals surface area contributed by atoms with E-state index in [2.05, 4.69) is 5.32 Å². The first-order valence-electron chi connectivity index (χ1n) is 4.77. The summed E-state index contributed by atoms with van der Waals surface area (Å²) in [6, 6.07) is 5.28. The maximum atomic E-state index is 12.9. The Labute approximate surface area is 89.1 Å². The lowest BCUT2D eigenvalue weighted by atomic mass is 10.2. The molecular formula is C11H16FNS. The first-order valence-corrected chi connectivity index (χ1v) is 5.76. The van der Waals surface area contributed by atoms with Gasteiger partial charge in [-0.2, -0.15) is 0 Å². The smallest absolute Gasteiger partial charge is 0.126 e. The van der Waals surface area contributed by atoms with E-state index in [0.717, 1.165) is 29.2 Å². The second-order valence-corrected chi connectivity index (χ2v) is 4.38. The normalized spacial score (nSPS) is 10.5. The molecule has 0 radical (unpaired) electrons. The van der Waals surface area contributed by atoms with Crippen molar-refractivity contribution in [1.82, 2.24) is 5.32 Å². The van der Waals surface area contributed by atoms with Crippen molar-refractivity contribution in [2.75, 3.05) is 19.3 Å². The quantitative estimate of drug-likeness (QED) is 0.596. The Balaban J connectivity index is 2.39. The van der Waals surface area contributed by atoms with Crippen LogP contribution in [0.4, 0.5) is 4.39 Å². The van der Waals surface area contributed by atoms with Crippen molar-refractivity contribution in [2.45, 2.75) is 18.2 Å². The van der Waals surface area contributed by atoms with Crippen molar-refractivity contribution in [1.29, 1.82) is 0 Å². The Kier molecular flexibility index (Phi) is 4.98. The minimum absolute atomic E-state index is 0.121. The molecule has 3 heteroatoms. The molecule has 0 aliphatic rings. The van der Waals surface area contributed by atoms with E-state index in [1.165, 1.54) is 6.07 Å². The number of thioether (sulfide) groups is 1. The Bertz CT molecular complexity index is 289. The molecule has 0 unspecified atom stereocenters. The van der Waals surface area contributed by atoms with E-state index in [0.29, 0.717) is 0 Å². The van der Waals surface area contributed by atoms with Gasteiger partial charge in [-0.1, -0.05) is 0 Å². The minimum Gasteiger partial charge on any atom is -0.320 e. The van der Waals surface area contributed by atoms with Gasteiger partial charge in [0.1, 0.15) is 5.82 Å². The third kappa shape index (κ3) is 3.68. The molecule has 0 amide bonds. The third-order valence-electron chi connectivity index (χ3n) is 1.97. The standard InChI is InChI=1S/C11H16FNS/c1-9-8-10(4-5-11(9)12)14-7-3-6-13-2/h4-5,8,13H,3,6-7H2,1-2H3. The predicted molar refractivity (Wildman–Crippen MR) is 60.4 cm³/mol. The monoisotopic (exact) mass is 213 g/mol. The molecule has 78 valence electrons. The zero-order chi connectivity index (χ0) is 10.4. The Morgan fingerprint density at radius 3 is 2.86 bits per heavy atom. The fourth-order valence-corrected chi connectivity index (χ4v) is 2.09. The van der Waals surface area contributed by atoms with Gasteiger partial charge in [-0.05, 0) is 56.5 Å². The highest BCUT2D eigenvalue weighted by molar-refractivity contribution is 7.99. The van der Waals surface area contributed by atoms with Crippen LogP contribution < -0.4 is 5.32 Å². The lowest BCUT2D eigenvalue weighted by Crippen LogP contribution is -2.07. The van der Waals surface area contributed by atoms with Gasteiger partial charge in [0.15, 0.2) is 0 Å². The predicted octanol–water partition coefficient (Wildman–Crippen LogP) is 2.84. The summed E-state index contributed by atoms with van der Waals surface area (Å²) in [4.78, 5) is 1.15. The van der Waals surface area contributed by atoms with Crippen molar-refractivity contribution in [2.24, 2.45) is 0 Å². The first kappa shape index (κ1) is 11.5. The molecule has 1 aromatic carbocycles. The molecule has 1 rings (SSSR count). The molecule has 0 aliphatic heterocycles. The van der Waals surface area contributed by atoms with Gasteiger partial charge >= 0.3 is 0 Å². The highest BCUT2D eigenvalue weighted by atomic mass is 32.2. The molecule has 0 saturated heterocycles. The number of hydrogen-bond acceptors (Lipinski definition) is 2. The van der Waals surface area contributed by atoms with Gasteiger partial charge in [0.2, 0.25) is 0 Å². The number of aryl methyl sites for hydroxylation is 1. The number of hydrogen-bond donors (Lipinski definition) is 1. The van der Waals surface area contributed by atoms with Crippen LogP contribution in [0.15, 0.2) is 23.1 Å². The molecule has 0 aliphatic carbocycles. The molecule has 0 fully saturated rings. The molecule has 1 N–H and O–H groups in total. The summed E-state index contributed by atoms with van der Waals surface area (Å²) >= 11 is 1.78. The van der Waals surface area contributed by atoms with Crippen LogP contribution in [0.25, 0.3) is 0 Å². The number of rotatable bonds is 5. The van der Waals surface area contributed by atoms with Crippen LogP contribution in [-0.4, -0.2) is 19.3 Å². The average molecular weight is 213 g/mol. The molecular weight excluding hydrogens is 197 g/mol. The SMILES string of the molecule is CNCCCSc1ccc(F)c(C)c1. The maximum Gasteiger partial charge on any atom is 0.126 e. The van der Waals surface area contributed by atoms with E-state index in [1.807, 2.05) is 19.2 Å². The van der Waals surface area contributed by atoms with E-state index in [-0.39, 0.29) is 5.82 Å². The van der Waals surface area contributed by atoms with Gasteiger partial charge in [0, 0.05) is 4.90 Å². The van der Waals surface area contributed by atoms with Gasteiger partial charge < -0.3 is 5.32 Å². The summed E-state index contributed by atoms with van der Waals surface area (Å²) in [6.07, 6.45) is 1.14. The first-order chi connectivity index (χ1) is 6.74. The summed E-state index contributed by atoms with van der Waals surface area (Å²) in [5.41, 5.74) is 0.726. The molecule has 0 spiro atoms. The van der Waals surface area contributed by atoms with Crippen molar-refractivity contribution >= 4 is 11.8 Å². The Morgan fingerprint density at radius 1 is 1.43 bits per heavy atom. The van der Waals surface area contributed by atoms with Crippen LogP contribution in [0.2, 0.25) is 0 Å². The van der Waals surface area contributed by atoms with E-state index in [9.17, 15) is 4.39 Å². The van der Waals surface area contributed by atoms with Crippen LogP contribution in [-0.2, 0) is 0 Å². The van der Waals surface area contributed by atoms with Crippen molar-refractivity contribution in [3.05, 3.63) is 29.6 Å². The molecule has 0 heterocycles. The lowest BCUT2D eigenvalue weighted by Gasteiger charge is -2.03. The highest BCUT2D eigenvalue weighted by Crippen LogP contribution is 2.20. The van der Waals surface area contributed by atoms with Crippen molar-refractivity contribution in [3.63, 3.8) is 0 Å². The van der Waals surface area contributed by atoms with Gasteiger partial charge in [-0.15, -0.1) is 11.8 Å². The molecule has 1 aromatic rings. The zero-order valence-electron chi connectivity index (χ0n) is 8.64. The summed E-state index contributed by atoms with van der Waals surface area (Å²) < 4.78 is 12.9. The minimum atomic E-state index is -0.121. The van der Waals surface area contributed by atoms with Crippen LogP contribution in [0.5, 0.6) is 0 Å². The molecule has 14 heavy (non-hydrogen) atoms. The van der Waals surface area contributed by atoms with Crippen molar-refractivity contribution < 1.29 is 4.39 Å². The summed E-state index contributed by atoms with van der Waals surface area (Å²) in [7, 11) is 1.95. The highest BCUT2D eigenvalue weighted by Gasteiger charge is 1.98. The summed E-state index contributed by atoms with van der Waals surface area (Å²) in [6.45, 7) is 2.83. The summed E-state index contributed by atoms with van der Waals surface area (Å²) in [5.74, 6) is 0.955. The van der Waals surface area contributed by atoms with E-state index < -0.39 is 0 Å². The van der Waals surface area contributed by atoms with E-state index in [4.69, 9.17) is 0 Å².